The molecule has 0 aromatic carbocycles. The Balaban J connectivity index is 2.61. The van der Waals surface area contributed by atoms with E-state index in [1.54, 1.807) is 0 Å². The van der Waals surface area contributed by atoms with Gasteiger partial charge in [-0.3, -0.25) is 9.59 Å². The summed E-state index contributed by atoms with van der Waals surface area (Å²) < 4.78 is 0. The Morgan fingerprint density at radius 3 is 2.41 bits per heavy atom. The van der Waals surface area contributed by atoms with Gasteiger partial charge in [0.1, 0.15) is 0 Å². The Labute approximate surface area is 103 Å². The summed E-state index contributed by atoms with van der Waals surface area (Å²) in [5.41, 5.74) is -0.239. The second-order valence-corrected chi connectivity index (χ2v) is 5.61. The third kappa shape index (κ3) is 3.72. The van der Waals surface area contributed by atoms with Gasteiger partial charge in [-0.2, -0.15) is 0 Å². The summed E-state index contributed by atoms with van der Waals surface area (Å²) in [5, 5.41) is 12.0. The van der Waals surface area contributed by atoms with Gasteiger partial charge in [0, 0.05) is 5.54 Å². The van der Waals surface area contributed by atoms with Crippen LogP contribution in [0.1, 0.15) is 52.9 Å². The number of hydrogen-bond acceptors (Lipinski definition) is 2. The number of carbonyl (C=O) groups is 2. The summed E-state index contributed by atoms with van der Waals surface area (Å²) in [7, 11) is 0. The van der Waals surface area contributed by atoms with E-state index in [0.29, 0.717) is 12.8 Å². The second kappa shape index (κ2) is 5.52. The van der Waals surface area contributed by atoms with Crippen molar-refractivity contribution in [3.05, 3.63) is 0 Å². The predicted octanol–water partition coefficient (Wildman–Crippen LogP) is 2.18. The fourth-order valence-electron chi connectivity index (χ4n) is 2.68. The molecule has 1 fully saturated rings. The molecule has 17 heavy (non-hydrogen) atoms. The Morgan fingerprint density at radius 1 is 1.29 bits per heavy atom. The van der Waals surface area contributed by atoms with Gasteiger partial charge >= 0.3 is 5.97 Å². The van der Waals surface area contributed by atoms with Crippen LogP contribution in [0.3, 0.4) is 0 Å². The van der Waals surface area contributed by atoms with Gasteiger partial charge in [-0.05, 0) is 33.1 Å². The third-order valence-corrected chi connectivity index (χ3v) is 3.51. The molecular weight excluding hydrogens is 218 g/mol. The van der Waals surface area contributed by atoms with Gasteiger partial charge in [0.05, 0.1) is 11.8 Å². The molecule has 0 aliphatic heterocycles. The normalized spacial score (nSPS) is 24.6. The van der Waals surface area contributed by atoms with E-state index in [-0.39, 0.29) is 17.4 Å². The van der Waals surface area contributed by atoms with Crippen LogP contribution in [-0.4, -0.2) is 22.5 Å². The largest absolute Gasteiger partial charge is 0.481 e. The van der Waals surface area contributed by atoms with Gasteiger partial charge in [-0.15, -0.1) is 0 Å². The summed E-state index contributed by atoms with van der Waals surface area (Å²) in [6.07, 6.45) is 4.07. The lowest BCUT2D eigenvalue weighted by Crippen LogP contribution is -2.47. The fraction of sp³-hybridized carbons (Fsp3) is 0.846. The number of nitrogens with one attached hydrogen (secondary N) is 1. The monoisotopic (exact) mass is 241 g/mol. The van der Waals surface area contributed by atoms with Crippen molar-refractivity contribution in [2.45, 2.75) is 58.4 Å². The first-order valence-electron chi connectivity index (χ1n) is 6.42. The van der Waals surface area contributed by atoms with Gasteiger partial charge < -0.3 is 10.4 Å². The predicted molar refractivity (Wildman–Crippen MR) is 65.6 cm³/mol. The summed E-state index contributed by atoms with van der Waals surface area (Å²) in [6, 6.07) is 0. The average Bonchev–Trinajstić information content (AvgIpc) is 2.64. The number of carboxylic acids is 1. The number of rotatable bonds is 5. The van der Waals surface area contributed by atoms with E-state index in [9.17, 15) is 9.59 Å². The molecule has 0 radical (unpaired) electrons. The van der Waals surface area contributed by atoms with E-state index in [1.807, 2.05) is 13.8 Å². The van der Waals surface area contributed by atoms with Gasteiger partial charge in [0.25, 0.3) is 0 Å². The first-order chi connectivity index (χ1) is 7.87. The van der Waals surface area contributed by atoms with E-state index in [4.69, 9.17) is 5.11 Å². The smallest absolute Gasteiger partial charge is 0.307 e. The van der Waals surface area contributed by atoms with Crippen LogP contribution in [0.15, 0.2) is 0 Å². The first-order valence-corrected chi connectivity index (χ1v) is 6.42. The van der Waals surface area contributed by atoms with Crippen molar-refractivity contribution < 1.29 is 14.7 Å². The lowest BCUT2D eigenvalue weighted by atomic mass is 9.92. The molecule has 2 atom stereocenters. The number of carbonyl (C=O) groups excluding carboxylic acids is 1. The SMILES string of the molecule is CCCC(C)(C)NC(=O)[C@@H]1CCC[C@@H]1C(=O)O. The number of amides is 1. The van der Waals surface area contributed by atoms with Crippen molar-refractivity contribution in [3.63, 3.8) is 0 Å². The van der Waals surface area contributed by atoms with Crippen molar-refractivity contribution in [2.75, 3.05) is 0 Å². The fourth-order valence-corrected chi connectivity index (χ4v) is 2.68. The molecule has 0 heterocycles. The minimum absolute atomic E-state index is 0.0895. The van der Waals surface area contributed by atoms with E-state index >= 15 is 0 Å². The van der Waals surface area contributed by atoms with Crippen LogP contribution in [0.2, 0.25) is 0 Å². The molecule has 1 aliphatic rings. The Morgan fingerprint density at radius 2 is 1.88 bits per heavy atom. The summed E-state index contributed by atoms with van der Waals surface area (Å²) in [4.78, 5) is 23.1. The molecule has 1 saturated carbocycles. The molecule has 1 rings (SSSR count). The zero-order chi connectivity index (χ0) is 13.1. The lowest BCUT2D eigenvalue weighted by molar-refractivity contribution is -0.146. The summed E-state index contributed by atoms with van der Waals surface area (Å²) in [5.74, 6) is -1.76. The topological polar surface area (TPSA) is 66.4 Å². The van der Waals surface area contributed by atoms with E-state index in [0.717, 1.165) is 19.3 Å². The lowest BCUT2D eigenvalue weighted by Gasteiger charge is -2.28. The first kappa shape index (κ1) is 14.0. The molecule has 98 valence electrons. The molecule has 4 heteroatoms. The van der Waals surface area contributed by atoms with Crippen LogP contribution < -0.4 is 5.32 Å². The molecule has 0 spiro atoms. The van der Waals surface area contributed by atoms with Crippen LogP contribution in [-0.2, 0) is 9.59 Å². The maximum Gasteiger partial charge on any atom is 0.307 e. The van der Waals surface area contributed by atoms with Crippen LogP contribution in [0, 0.1) is 11.8 Å². The molecule has 1 aliphatic carbocycles. The highest BCUT2D eigenvalue weighted by Crippen LogP contribution is 2.32. The zero-order valence-electron chi connectivity index (χ0n) is 11.0. The highest BCUT2D eigenvalue weighted by Gasteiger charge is 2.38. The zero-order valence-corrected chi connectivity index (χ0v) is 11.0. The van der Waals surface area contributed by atoms with Crippen molar-refractivity contribution in [1.82, 2.24) is 5.32 Å². The van der Waals surface area contributed by atoms with Crippen molar-refractivity contribution in [2.24, 2.45) is 11.8 Å². The standard InChI is InChI=1S/C13H23NO3/c1-4-8-13(2,3)14-11(15)9-6-5-7-10(9)12(16)17/h9-10H,4-8H2,1-3H3,(H,14,15)(H,16,17)/t9-,10+/m1/s1. The second-order valence-electron chi connectivity index (χ2n) is 5.61. The molecule has 0 aromatic heterocycles. The summed E-state index contributed by atoms with van der Waals surface area (Å²) in [6.45, 7) is 6.04. The van der Waals surface area contributed by atoms with Crippen LogP contribution in [0.4, 0.5) is 0 Å². The molecule has 1 amide bonds. The van der Waals surface area contributed by atoms with Crippen molar-refractivity contribution in [1.29, 1.82) is 0 Å². The highest BCUT2D eigenvalue weighted by molar-refractivity contribution is 5.85. The molecule has 0 bridgehead atoms. The van der Waals surface area contributed by atoms with Gasteiger partial charge in [-0.1, -0.05) is 19.8 Å². The number of carboxylic acid groups (broad SMARTS) is 1. The maximum absolute atomic E-state index is 12.1. The maximum atomic E-state index is 12.1. The highest BCUT2D eigenvalue weighted by atomic mass is 16.4. The average molecular weight is 241 g/mol. The molecule has 0 aromatic rings. The van der Waals surface area contributed by atoms with Gasteiger partial charge in [0.2, 0.25) is 5.91 Å². The van der Waals surface area contributed by atoms with Crippen LogP contribution in [0.25, 0.3) is 0 Å². The molecule has 4 nitrogen and oxygen atoms in total. The molecule has 2 N–H and O–H groups in total. The van der Waals surface area contributed by atoms with E-state index in [1.165, 1.54) is 0 Å². The van der Waals surface area contributed by atoms with Gasteiger partial charge in [-0.25, -0.2) is 0 Å². The van der Waals surface area contributed by atoms with Crippen molar-refractivity contribution in [3.8, 4) is 0 Å². The molecular formula is C13H23NO3. The quantitative estimate of drug-likeness (QED) is 0.775. The Hall–Kier alpha value is -1.06. The minimum Gasteiger partial charge on any atom is -0.481 e. The van der Waals surface area contributed by atoms with Crippen LogP contribution in [0.5, 0.6) is 0 Å². The summed E-state index contributed by atoms with van der Waals surface area (Å²) >= 11 is 0. The van der Waals surface area contributed by atoms with Crippen molar-refractivity contribution >= 4 is 11.9 Å². The number of hydrogen-bond donors (Lipinski definition) is 2. The van der Waals surface area contributed by atoms with E-state index < -0.39 is 11.9 Å². The van der Waals surface area contributed by atoms with E-state index in [2.05, 4.69) is 12.2 Å². The molecule has 0 saturated heterocycles. The van der Waals surface area contributed by atoms with Crippen LogP contribution >= 0.6 is 0 Å². The molecule has 0 unspecified atom stereocenters. The minimum atomic E-state index is -0.837. The Bertz CT molecular complexity index is 299. The van der Waals surface area contributed by atoms with Gasteiger partial charge in [0.15, 0.2) is 0 Å². The Kier molecular flexibility index (Phi) is 4.54. The number of aliphatic carboxylic acids is 1. The third-order valence-electron chi connectivity index (χ3n) is 3.51.